The normalized spacial score (nSPS) is 11.4. The summed E-state index contributed by atoms with van der Waals surface area (Å²) < 4.78 is 2.52. The van der Waals surface area contributed by atoms with E-state index in [-0.39, 0.29) is 6.71 Å². The van der Waals surface area contributed by atoms with Crippen LogP contribution < -0.4 is 16.4 Å². The first-order chi connectivity index (χ1) is 18.7. The second-order valence-corrected chi connectivity index (χ2v) is 11.0. The molecule has 0 aliphatic heterocycles. The molecule has 0 atom stereocenters. The van der Waals surface area contributed by atoms with Crippen molar-refractivity contribution in [3.05, 3.63) is 127 Å². The van der Waals surface area contributed by atoms with Crippen molar-refractivity contribution in [1.29, 1.82) is 0 Å². The molecule has 180 valence electrons. The first-order valence-electron chi connectivity index (χ1n) is 13.0. The van der Waals surface area contributed by atoms with Crippen molar-refractivity contribution >= 4 is 65.5 Å². The molecule has 0 unspecified atom stereocenters. The van der Waals surface area contributed by atoms with E-state index in [1.54, 1.807) is 0 Å². The van der Waals surface area contributed by atoms with E-state index in [0.29, 0.717) is 0 Å². The Kier molecular flexibility index (Phi) is 5.56. The molecule has 2 nitrogen and oxygen atoms in total. The van der Waals surface area contributed by atoms with Gasteiger partial charge >= 0.3 is 0 Å². The van der Waals surface area contributed by atoms with Gasteiger partial charge in [-0.3, -0.25) is 4.98 Å². The molecule has 0 amide bonds. The van der Waals surface area contributed by atoms with Crippen molar-refractivity contribution in [2.75, 3.05) is 0 Å². The van der Waals surface area contributed by atoms with Crippen molar-refractivity contribution in [2.24, 2.45) is 0 Å². The number of nitrogens with zero attached hydrogens (tertiary/aromatic N) is 2. The van der Waals surface area contributed by atoms with E-state index in [1.807, 2.05) is 23.7 Å². The monoisotopic (exact) mass is 504 g/mol. The lowest BCUT2D eigenvalue weighted by Gasteiger charge is -2.21. The smallest absolute Gasteiger partial charge is 0.241 e. The first-order valence-corrected chi connectivity index (χ1v) is 13.8. The Bertz CT molecular complexity index is 1880. The Balaban J connectivity index is 1.48. The Morgan fingerprint density at radius 3 is 2.00 bits per heavy atom. The number of aryl methyl sites for hydroxylation is 2. The lowest BCUT2D eigenvalue weighted by atomic mass is 9.35. The average Bonchev–Trinajstić information content (AvgIpc) is 3.35. The van der Waals surface area contributed by atoms with Crippen molar-refractivity contribution < 1.29 is 0 Å². The van der Waals surface area contributed by atoms with Crippen LogP contribution in [0.5, 0.6) is 0 Å². The highest BCUT2D eigenvalue weighted by Gasteiger charge is 2.26. The molecule has 0 fully saturated rings. The van der Waals surface area contributed by atoms with E-state index in [9.17, 15) is 0 Å². The lowest BCUT2D eigenvalue weighted by molar-refractivity contribution is 1.32. The zero-order valence-electron chi connectivity index (χ0n) is 21.3. The van der Waals surface area contributed by atoms with E-state index in [0.717, 1.165) is 22.2 Å². The van der Waals surface area contributed by atoms with E-state index < -0.39 is 0 Å². The van der Waals surface area contributed by atoms with Crippen LogP contribution in [0.3, 0.4) is 0 Å². The molecular formula is C34H25BN2S. The van der Waals surface area contributed by atoms with Gasteiger partial charge in [-0.25, -0.2) is 4.98 Å². The van der Waals surface area contributed by atoms with Crippen molar-refractivity contribution in [3.8, 4) is 11.3 Å². The Labute approximate surface area is 226 Å². The zero-order chi connectivity index (χ0) is 25.6. The minimum Gasteiger partial charge on any atom is -0.262 e. The molecule has 4 aromatic carbocycles. The predicted molar refractivity (Wildman–Crippen MR) is 165 cm³/mol. The summed E-state index contributed by atoms with van der Waals surface area (Å²) in [5.41, 5.74) is 9.66. The highest BCUT2D eigenvalue weighted by Crippen LogP contribution is 2.42. The Morgan fingerprint density at radius 1 is 0.684 bits per heavy atom. The van der Waals surface area contributed by atoms with Crippen LogP contribution in [-0.4, -0.2) is 16.7 Å². The number of thiophene rings is 1. The van der Waals surface area contributed by atoms with Gasteiger partial charge in [-0.2, -0.15) is 0 Å². The average molecular weight is 504 g/mol. The summed E-state index contributed by atoms with van der Waals surface area (Å²) in [5.74, 6) is 0. The van der Waals surface area contributed by atoms with Crippen molar-refractivity contribution in [3.63, 3.8) is 0 Å². The van der Waals surface area contributed by atoms with Gasteiger partial charge in [0.25, 0.3) is 0 Å². The molecule has 0 saturated carbocycles. The molecule has 0 saturated heterocycles. The van der Waals surface area contributed by atoms with E-state index in [1.165, 1.54) is 47.7 Å². The predicted octanol–water partition coefficient (Wildman–Crippen LogP) is 6.80. The SMILES string of the molecule is Cc1cc(-c2nc3cnccc3c3c2sc2ccccc23)cc(C)c1B(c1ccccc1)c1ccccc1. The molecule has 38 heavy (non-hydrogen) atoms. The molecule has 4 heteroatoms. The Hall–Kier alpha value is -4.28. The maximum atomic E-state index is 5.19. The summed E-state index contributed by atoms with van der Waals surface area (Å²) >= 11 is 1.83. The van der Waals surface area contributed by atoms with Crippen LogP contribution >= 0.6 is 11.3 Å². The summed E-state index contributed by atoms with van der Waals surface area (Å²) in [7, 11) is 0. The third-order valence-corrected chi connectivity index (χ3v) is 8.71. The molecule has 0 aliphatic rings. The van der Waals surface area contributed by atoms with Gasteiger partial charge in [-0.15, -0.1) is 11.3 Å². The fraction of sp³-hybridized carbons (Fsp3) is 0.0588. The lowest BCUT2D eigenvalue weighted by Crippen LogP contribution is -2.53. The molecule has 3 aromatic heterocycles. The standard InChI is InChI=1S/C34H25BN2S/c1-22-19-24(20-23(2)32(22)35(25-11-5-3-6-12-25)26-13-7-4-8-14-26)33-34-31(27-17-18-36-21-29(27)37-33)28-15-9-10-16-30(28)38-34/h3-21H,1-2H3. The van der Waals surface area contributed by atoms with E-state index in [2.05, 4.69) is 122 Å². The maximum Gasteiger partial charge on any atom is 0.241 e. The minimum atomic E-state index is 0.171. The Morgan fingerprint density at radius 2 is 1.32 bits per heavy atom. The number of benzene rings is 4. The van der Waals surface area contributed by atoms with Crippen LogP contribution in [-0.2, 0) is 0 Å². The van der Waals surface area contributed by atoms with Crippen LogP contribution in [0.2, 0.25) is 0 Å². The molecule has 0 spiro atoms. The van der Waals surface area contributed by atoms with Gasteiger partial charge in [0, 0.05) is 32.6 Å². The molecular weight excluding hydrogens is 479 g/mol. The topological polar surface area (TPSA) is 25.8 Å². The van der Waals surface area contributed by atoms with E-state index in [4.69, 9.17) is 4.98 Å². The molecule has 0 bridgehead atoms. The van der Waals surface area contributed by atoms with Gasteiger partial charge in [0.2, 0.25) is 6.71 Å². The van der Waals surface area contributed by atoms with Gasteiger partial charge in [0.1, 0.15) is 0 Å². The van der Waals surface area contributed by atoms with E-state index >= 15 is 0 Å². The van der Waals surface area contributed by atoms with Crippen LogP contribution in [0.1, 0.15) is 11.1 Å². The zero-order valence-corrected chi connectivity index (χ0v) is 22.2. The van der Waals surface area contributed by atoms with Crippen LogP contribution in [0.15, 0.2) is 116 Å². The molecule has 0 N–H and O–H groups in total. The van der Waals surface area contributed by atoms with Crippen molar-refractivity contribution in [1.82, 2.24) is 9.97 Å². The highest BCUT2D eigenvalue weighted by atomic mass is 32.1. The second-order valence-electron chi connectivity index (χ2n) is 9.93. The first kappa shape index (κ1) is 22.9. The molecule has 0 aliphatic carbocycles. The molecule has 3 heterocycles. The molecule has 0 radical (unpaired) electrons. The summed E-state index contributed by atoms with van der Waals surface area (Å²) in [6.45, 7) is 4.66. The molecule has 7 aromatic rings. The number of rotatable bonds is 4. The largest absolute Gasteiger partial charge is 0.262 e. The fourth-order valence-electron chi connectivity index (χ4n) is 5.92. The number of pyridine rings is 2. The number of aromatic nitrogens is 2. The summed E-state index contributed by atoms with van der Waals surface area (Å²) in [6.07, 6.45) is 3.76. The minimum absolute atomic E-state index is 0.171. The second kappa shape index (κ2) is 9.23. The number of fused-ring (bicyclic) bond motifs is 5. The maximum absolute atomic E-state index is 5.19. The summed E-state index contributed by atoms with van der Waals surface area (Å²) in [5, 5.41) is 3.72. The quantitative estimate of drug-likeness (QED) is 0.247. The molecule has 7 rings (SSSR count). The van der Waals surface area contributed by atoms with Crippen LogP contribution in [0.4, 0.5) is 0 Å². The highest BCUT2D eigenvalue weighted by molar-refractivity contribution is 7.26. The van der Waals surface area contributed by atoms with Gasteiger partial charge in [-0.05, 0) is 26.0 Å². The summed E-state index contributed by atoms with van der Waals surface area (Å²) in [4.78, 5) is 9.59. The van der Waals surface area contributed by atoms with Gasteiger partial charge < -0.3 is 0 Å². The van der Waals surface area contributed by atoms with Crippen molar-refractivity contribution in [2.45, 2.75) is 13.8 Å². The van der Waals surface area contributed by atoms with Crippen LogP contribution in [0, 0.1) is 13.8 Å². The third-order valence-electron chi connectivity index (χ3n) is 7.53. The van der Waals surface area contributed by atoms with Crippen LogP contribution in [0.25, 0.3) is 42.3 Å². The third kappa shape index (κ3) is 3.72. The summed E-state index contributed by atoms with van der Waals surface area (Å²) in [6, 6.07) is 37.1. The number of hydrogen-bond acceptors (Lipinski definition) is 3. The fourth-order valence-corrected chi connectivity index (χ4v) is 7.15. The van der Waals surface area contributed by atoms with Gasteiger partial charge in [0.15, 0.2) is 0 Å². The van der Waals surface area contributed by atoms with Gasteiger partial charge in [-0.1, -0.05) is 119 Å². The number of hydrogen-bond donors (Lipinski definition) is 0. The van der Waals surface area contributed by atoms with Gasteiger partial charge in [0.05, 0.1) is 22.1 Å².